The Morgan fingerprint density at radius 3 is 1.91 bits per heavy atom. The van der Waals surface area contributed by atoms with E-state index in [-0.39, 0.29) is 19.3 Å². The molecule has 0 aliphatic rings. The van der Waals surface area contributed by atoms with Crippen molar-refractivity contribution in [1.29, 1.82) is 0 Å². The second-order valence-electron chi connectivity index (χ2n) is 8.40. The number of nitrogens with one attached hydrogen (secondary N) is 3. The van der Waals surface area contributed by atoms with Crippen LogP contribution < -0.4 is 38.9 Å². The lowest BCUT2D eigenvalue weighted by Crippen LogP contribution is -2.58. The minimum absolute atomic E-state index is 0.123. The minimum atomic E-state index is -1.30. The molecule has 0 aromatic carbocycles. The number of primary amides is 2. The van der Waals surface area contributed by atoms with E-state index in [1.54, 1.807) is 13.8 Å². The number of nitrogens with two attached hydrogens (primary N) is 4. The third-order valence-electron chi connectivity index (χ3n) is 5.42. The van der Waals surface area contributed by atoms with E-state index in [2.05, 4.69) is 16.0 Å². The molecule has 12 N–H and O–H groups in total. The van der Waals surface area contributed by atoms with Gasteiger partial charge in [-0.25, -0.2) is 4.79 Å². The first-order chi connectivity index (χ1) is 16.3. The van der Waals surface area contributed by atoms with Crippen LogP contribution >= 0.6 is 0 Å². The van der Waals surface area contributed by atoms with Crippen molar-refractivity contribution in [2.75, 3.05) is 6.54 Å². The number of hydrogen-bond acceptors (Lipinski definition) is 8. The molecule has 0 bridgehead atoms. The van der Waals surface area contributed by atoms with E-state index in [0.717, 1.165) is 0 Å². The summed E-state index contributed by atoms with van der Waals surface area (Å²) in [6.45, 7) is 3.82. The molecule has 5 amide bonds. The SMILES string of the molecule is CCC(C)C(NC(=O)C(N)CC(N)=O)C(=O)NC(CCC(N)=O)C(=O)NC(CCCCN)C(=O)O. The van der Waals surface area contributed by atoms with Crippen LogP contribution in [-0.4, -0.2) is 71.3 Å². The molecule has 0 aliphatic heterocycles. The monoisotopic (exact) mass is 501 g/mol. The Morgan fingerprint density at radius 2 is 1.43 bits per heavy atom. The van der Waals surface area contributed by atoms with Crippen molar-refractivity contribution in [3.63, 3.8) is 0 Å². The van der Waals surface area contributed by atoms with Crippen molar-refractivity contribution in [2.24, 2.45) is 28.9 Å². The van der Waals surface area contributed by atoms with Gasteiger partial charge in [0.1, 0.15) is 18.1 Å². The van der Waals surface area contributed by atoms with E-state index in [1.165, 1.54) is 0 Å². The summed E-state index contributed by atoms with van der Waals surface area (Å²) in [6.07, 6.45) is 0.736. The van der Waals surface area contributed by atoms with E-state index >= 15 is 0 Å². The average Bonchev–Trinajstić information content (AvgIpc) is 2.77. The first-order valence-corrected chi connectivity index (χ1v) is 11.5. The maximum absolute atomic E-state index is 13.0. The van der Waals surface area contributed by atoms with Crippen LogP contribution in [-0.2, 0) is 28.8 Å². The lowest BCUT2D eigenvalue weighted by atomic mass is 9.97. The van der Waals surface area contributed by atoms with Crippen molar-refractivity contribution in [3.05, 3.63) is 0 Å². The van der Waals surface area contributed by atoms with Crippen molar-refractivity contribution in [1.82, 2.24) is 16.0 Å². The molecular weight excluding hydrogens is 462 g/mol. The zero-order valence-corrected chi connectivity index (χ0v) is 20.2. The molecule has 5 atom stereocenters. The zero-order valence-electron chi connectivity index (χ0n) is 20.2. The summed E-state index contributed by atoms with van der Waals surface area (Å²) < 4.78 is 0. The van der Waals surface area contributed by atoms with E-state index < -0.39 is 72.0 Å². The van der Waals surface area contributed by atoms with E-state index in [0.29, 0.717) is 25.8 Å². The highest BCUT2D eigenvalue weighted by Crippen LogP contribution is 2.10. The molecule has 0 saturated carbocycles. The molecule has 0 spiro atoms. The van der Waals surface area contributed by atoms with E-state index in [9.17, 15) is 33.9 Å². The summed E-state index contributed by atoms with van der Waals surface area (Å²) in [7, 11) is 0. The summed E-state index contributed by atoms with van der Waals surface area (Å²) in [4.78, 5) is 72.1. The van der Waals surface area contributed by atoms with Gasteiger partial charge in [0.05, 0.1) is 12.5 Å². The van der Waals surface area contributed by atoms with Crippen LogP contribution in [0.15, 0.2) is 0 Å². The second-order valence-corrected chi connectivity index (χ2v) is 8.40. The molecule has 0 aromatic heterocycles. The molecule has 5 unspecified atom stereocenters. The van der Waals surface area contributed by atoms with Gasteiger partial charge in [-0.2, -0.15) is 0 Å². The van der Waals surface area contributed by atoms with Gasteiger partial charge in [0.25, 0.3) is 0 Å². The van der Waals surface area contributed by atoms with E-state index in [1.807, 2.05) is 0 Å². The standard InChI is InChI=1S/C21H39N7O7/c1-3-11(2)17(28-18(31)12(23)10-16(25)30)20(33)26-13(7-8-15(24)29)19(32)27-14(21(34)35)6-4-5-9-22/h11-14,17H,3-10,22-23H2,1-2H3,(H2,24,29)(H2,25,30)(H,26,33)(H,27,32)(H,28,31)(H,34,35). The van der Waals surface area contributed by atoms with Crippen LogP contribution in [0.1, 0.15) is 58.8 Å². The van der Waals surface area contributed by atoms with Crippen LogP contribution in [0, 0.1) is 5.92 Å². The highest BCUT2D eigenvalue weighted by Gasteiger charge is 2.32. The molecule has 0 fully saturated rings. The minimum Gasteiger partial charge on any atom is -0.480 e. The molecule has 0 heterocycles. The summed E-state index contributed by atoms with van der Waals surface area (Å²) in [6, 6.07) is -4.92. The van der Waals surface area contributed by atoms with Crippen LogP contribution in [0.2, 0.25) is 0 Å². The molecule has 0 aliphatic carbocycles. The highest BCUT2D eigenvalue weighted by molar-refractivity contribution is 5.95. The van der Waals surface area contributed by atoms with Gasteiger partial charge in [0.2, 0.25) is 29.5 Å². The Labute approximate surface area is 204 Å². The number of unbranched alkanes of at least 4 members (excludes halogenated alkanes) is 1. The highest BCUT2D eigenvalue weighted by atomic mass is 16.4. The number of carboxylic acid groups (broad SMARTS) is 1. The largest absolute Gasteiger partial charge is 0.480 e. The zero-order chi connectivity index (χ0) is 27.1. The fourth-order valence-corrected chi connectivity index (χ4v) is 3.11. The van der Waals surface area contributed by atoms with Gasteiger partial charge in [-0.15, -0.1) is 0 Å². The van der Waals surface area contributed by atoms with Gasteiger partial charge >= 0.3 is 5.97 Å². The third kappa shape index (κ3) is 12.7. The Hall–Kier alpha value is -3.26. The number of aliphatic carboxylic acids is 1. The van der Waals surface area contributed by atoms with Crippen LogP contribution in [0.5, 0.6) is 0 Å². The number of rotatable bonds is 18. The molecular formula is C21H39N7O7. The summed E-state index contributed by atoms with van der Waals surface area (Å²) >= 11 is 0. The Morgan fingerprint density at radius 1 is 0.829 bits per heavy atom. The topological polar surface area (TPSA) is 263 Å². The van der Waals surface area contributed by atoms with Crippen molar-refractivity contribution in [2.45, 2.75) is 83.0 Å². The van der Waals surface area contributed by atoms with Gasteiger partial charge < -0.3 is 44.0 Å². The van der Waals surface area contributed by atoms with Crippen molar-refractivity contribution < 1.29 is 33.9 Å². The van der Waals surface area contributed by atoms with Gasteiger partial charge in [-0.1, -0.05) is 20.3 Å². The molecule has 200 valence electrons. The van der Waals surface area contributed by atoms with Crippen LogP contribution in [0.3, 0.4) is 0 Å². The van der Waals surface area contributed by atoms with Crippen molar-refractivity contribution in [3.8, 4) is 0 Å². The first kappa shape index (κ1) is 31.7. The molecule has 0 aromatic rings. The van der Waals surface area contributed by atoms with Gasteiger partial charge in [-0.3, -0.25) is 24.0 Å². The van der Waals surface area contributed by atoms with Crippen LogP contribution in [0.4, 0.5) is 0 Å². The summed E-state index contributed by atoms with van der Waals surface area (Å²) in [5.74, 6) is -5.53. The quantitative estimate of drug-likeness (QED) is 0.0898. The number of carbonyl (C=O) groups excluding carboxylic acids is 5. The Balaban J connectivity index is 5.59. The fourth-order valence-electron chi connectivity index (χ4n) is 3.11. The molecule has 35 heavy (non-hydrogen) atoms. The smallest absolute Gasteiger partial charge is 0.326 e. The van der Waals surface area contributed by atoms with Crippen LogP contribution in [0.25, 0.3) is 0 Å². The second kappa shape index (κ2) is 16.4. The number of amides is 5. The number of carbonyl (C=O) groups is 6. The van der Waals surface area contributed by atoms with Crippen molar-refractivity contribution >= 4 is 35.5 Å². The Kier molecular flexibility index (Phi) is 14.9. The van der Waals surface area contributed by atoms with Gasteiger partial charge in [-0.05, 0) is 38.1 Å². The maximum Gasteiger partial charge on any atom is 0.326 e. The lowest BCUT2D eigenvalue weighted by Gasteiger charge is -2.27. The average molecular weight is 502 g/mol. The predicted molar refractivity (Wildman–Crippen MR) is 126 cm³/mol. The normalized spacial score (nSPS) is 15.1. The van der Waals surface area contributed by atoms with Gasteiger partial charge in [0, 0.05) is 6.42 Å². The third-order valence-corrected chi connectivity index (χ3v) is 5.42. The molecule has 0 radical (unpaired) electrons. The van der Waals surface area contributed by atoms with Gasteiger partial charge in [0.15, 0.2) is 0 Å². The predicted octanol–water partition coefficient (Wildman–Crippen LogP) is -2.83. The summed E-state index contributed by atoms with van der Waals surface area (Å²) in [5.41, 5.74) is 21.3. The number of hydrogen-bond donors (Lipinski definition) is 8. The Bertz CT molecular complexity index is 762. The summed E-state index contributed by atoms with van der Waals surface area (Å²) in [5, 5.41) is 16.7. The maximum atomic E-state index is 13.0. The molecule has 0 rings (SSSR count). The molecule has 14 nitrogen and oxygen atoms in total. The number of carboxylic acids is 1. The lowest BCUT2D eigenvalue weighted by molar-refractivity contribution is -0.142. The molecule has 14 heteroatoms. The van der Waals surface area contributed by atoms with E-state index in [4.69, 9.17) is 22.9 Å². The fraction of sp³-hybridized carbons (Fsp3) is 0.714. The first-order valence-electron chi connectivity index (χ1n) is 11.5. The molecule has 0 saturated heterocycles.